The van der Waals surface area contributed by atoms with Crippen molar-refractivity contribution in [3.05, 3.63) is 72.9 Å². The summed E-state index contributed by atoms with van der Waals surface area (Å²) in [5, 5.41) is 3.10. The molecule has 2 heterocycles. The molecule has 2 rings (SSSR count). The standard InChI is InChI=1S/C6H12.2C5H10.2C4H8.C3H7N.C3H6O.C3H6.C3H4/c1-3-5-6-4-2;1-4-5(2)3;1-3-5-4-2;1-4(2)3;1-3-4-2;2*1-3-2-4-3;2*1-3-2/h3,5H,4,6H2,1-2H3;4H,1-3H3;3,5H,4H2,1-2H3;1H2,2-3H3;3-4H,1-2H3;3-4H,2H2,1H3;3H,2H2,1H3;3H,1H2,2H3;1H,2H3. The molecule has 0 bridgehead atoms. The van der Waals surface area contributed by atoms with Crippen LogP contribution in [0.15, 0.2) is 72.9 Å². The zero-order chi connectivity index (χ0) is 31.6. The summed E-state index contributed by atoms with van der Waals surface area (Å²) in [4.78, 5) is 0. The fourth-order valence-corrected chi connectivity index (χ4v) is 0.783. The van der Waals surface area contributed by atoms with Crippen LogP contribution < -0.4 is 5.32 Å². The molecule has 0 aromatic rings. The predicted octanol–water partition coefficient (Wildman–Crippen LogP) is 11.7. The molecule has 2 saturated heterocycles. The largest absolute Gasteiger partial charge is 0.373 e. The minimum atomic E-state index is 0.583. The van der Waals surface area contributed by atoms with Gasteiger partial charge >= 0.3 is 0 Å². The molecule has 2 heteroatoms. The first-order chi connectivity index (χ1) is 17.9. The Morgan fingerprint density at radius 2 is 1.18 bits per heavy atom. The van der Waals surface area contributed by atoms with E-state index in [9.17, 15) is 0 Å². The van der Waals surface area contributed by atoms with E-state index in [-0.39, 0.29) is 0 Å². The molecule has 2 atom stereocenters. The van der Waals surface area contributed by atoms with E-state index in [1.54, 1.807) is 13.0 Å². The summed E-state index contributed by atoms with van der Waals surface area (Å²) in [6.45, 7) is 39.4. The first-order valence-electron chi connectivity index (χ1n) is 14.2. The van der Waals surface area contributed by atoms with E-state index in [1.807, 2.05) is 60.6 Å². The van der Waals surface area contributed by atoms with E-state index in [0.29, 0.717) is 6.10 Å². The Labute approximate surface area is 243 Å². The topological polar surface area (TPSA) is 34.5 Å². The van der Waals surface area contributed by atoms with Gasteiger partial charge in [0.1, 0.15) is 0 Å². The van der Waals surface area contributed by atoms with Crippen LogP contribution in [-0.2, 0) is 4.74 Å². The van der Waals surface area contributed by atoms with Gasteiger partial charge in [-0.15, -0.1) is 25.5 Å². The average Bonchev–Trinajstić information content (AvgIpc) is 3.80. The molecule has 2 aliphatic heterocycles. The second kappa shape index (κ2) is 59.8. The maximum Gasteiger partial charge on any atom is 0.0781 e. The first kappa shape index (κ1) is 52.4. The lowest BCUT2D eigenvalue weighted by Crippen LogP contribution is -1.72. The molecule has 1 N–H and O–H groups in total. The van der Waals surface area contributed by atoms with Gasteiger partial charge in [-0.2, -0.15) is 0 Å². The van der Waals surface area contributed by atoms with E-state index < -0.39 is 0 Å². The van der Waals surface area contributed by atoms with Gasteiger partial charge in [0.2, 0.25) is 0 Å². The zero-order valence-corrected chi connectivity index (χ0v) is 28.7. The lowest BCUT2D eigenvalue weighted by Gasteiger charge is -1.76. The number of epoxide rings is 1. The van der Waals surface area contributed by atoms with Crippen molar-refractivity contribution in [2.75, 3.05) is 13.2 Å². The van der Waals surface area contributed by atoms with Crippen molar-refractivity contribution in [2.45, 2.75) is 135 Å². The quantitative estimate of drug-likeness (QED) is 0.222. The molecule has 2 nitrogen and oxygen atoms in total. The molecule has 2 aliphatic rings. The van der Waals surface area contributed by atoms with Crippen molar-refractivity contribution < 1.29 is 4.74 Å². The number of nitrogens with one attached hydrogen (secondary N) is 1. The van der Waals surface area contributed by atoms with E-state index in [0.717, 1.165) is 19.1 Å². The number of hydrogen-bond donors (Lipinski definition) is 1. The Balaban J connectivity index is -0.0000000573. The van der Waals surface area contributed by atoms with Gasteiger partial charge in [0, 0.05) is 12.6 Å². The molecule has 2 fully saturated rings. The van der Waals surface area contributed by atoms with Gasteiger partial charge in [-0.3, -0.25) is 0 Å². The monoisotopic (exact) mass is 534 g/mol. The van der Waals surface area contributed by atoms with Gasteiger partial charge in [0.25, 0.3) is 0 Å². The van der Waals surface area contributed by atoms with Crippen LogP contribution in [0.2, 0.25) is 0 Å². The molecule has 0 amide bonds. The normalized spacial score (nSPS) is 14.5. The smallest absolute Gasteiger partial charge is 0.0781 e. The van der Waals surface area contributed by atoms with Gasteiger partial charge in [0.05, 0.1) is 12.7 Å². The summed E-state index contributed by atoms with van der Waals surface area (Å²) in [5.74, 6) is 2.25. The van der Waals surface area contributed by atoms with Gasteiger partial charge in [-0.1, -0.05) is 80.0 Å². The van der Waals surface area contributed by atoms with Crippen LogP contribution in [0.25, 0.3) is 0 Å². The lowest BCUT2D eigenvalue weighted by atomic mass is 10.3. The maximum atomic E-state index is 4.71. The minimum absolute atomic E-state index is 0.583. The van der Waals surface area contributed by atoms with Gasteiger partial charge in [-0.05, 0) is 103 Å². The number of ether oxygens (including phenoxy) is 1. The van der Waals surface area contributed by atoms with Crippen LogP contribution in [0.4, 0.5) is 0 Å². The Bertz CT molecular complexity index is 528. The lowest BCUT2D eigenvalue weighted by molar-refractivity contribution is 0.423. The summed E-state index contributed by atoms with van der Waals surface area (Å²) >= 11 is 0. The molecule has 0 aromatic heterocycles. The molecule has 0 aliphatic carbocycles. The third kappa shape index (κ3) is 259. The van der Waals surface area contributed by atoms with Gasteiger partial charge in [-0.25, -0.2) is 0 Å². The second-order valence-electron chi connectivity index (χ2n) is 8.72. The average molecular weight is 534 g/mol. The van der Waals surface area contributed by atoms with Crippen molar-refractivity contribution in [3.63, 3.8) is 0 Å². The van der Waals surface area contributed by atoms with E-state index >= 15 is 0 Å². The molecule has 226 valence electrons. The van der Waals surface area contributed by atoms with Crippen LogP contribution in [0.1, 0.15) is 123 Å². The molecule has 0 aromatic carbocycles. The highest BCUT2D eigenvalue weighted by atomic mass is 16.6. The number of hydrogen-bond acceptors (Lipinski definition) is 2. The molecular formula is C36H71NO. The Morgan fingerprint density at radius 3 is 1.21 bits per heavy atom. The molecule has 0 saturated carbocycles. The zero-order valence-electron chi connectivity index (χ0n) is 28.7. The van der Waals surface area contributed by atoms with Crippen molar-refractivity contribution in [1.29, 1.82) is 0 Å². The van der Waals surface area contributed by atoms with Crippen molar-refractivity contribution in [2.24, 2.45) is 0 Å². The Kier molecular flexibility index (Phi) is 82.4. The summed E-state index contributed by atoms with van der Waals surface area (Å²) in [7, 11) is 0. The number of rotatable bonds is 3. The number of allylic oxidation sites excluding steroid dienone is 10. The van der Waals surface area contributed by atoms with Crippen LogP contribution in [0.3, 0.4) is 0 Å². The number of terminal acetylenes is 1. The predicted molar refractivity (Wildman–Crippen MR) is 184 cm³/mol. The molecule has 2 unspecified atom stereocenters. The summed E-state index contributed by atoms with van der Waals surface area (Å²) < 4.78 is 4.71. The highest BCUT2D eigenvalue weighted by molar-refractivity contribution is 4.88. The van der Waals surface area contributed by atoms with Gasteiger partial charge < -0.3 is 10.1 Å². The van der Waals surface area contributed by atoms with E-state index in [1.165, 1.54) is 30.5 Å². The van der Waals surface area contributed by atoms with E-state index in [4.69, 9.17) is 4.74 Å². The fraction of sp³-hybridized carbons (Fsp3) is 0.611. The number of unbranched alkanes of at least 4 members (excludes halogenated alkanes) is 1. The SMILES string of the molecule is C#CC.C=C(C)C.C=CC.CC1CN1.CC1CO1.CC=C(C)C.CC=CC.CC=CCC.CC=CCCC. The first-order valence-corrected chi connectivity index (χ1v) is 14.2. The highest BCUT2D eigenvalue weighted by Gasteiger charge is 2.13. The molecule has 38 heavy (non-hydrogen) atoms. The highest BCUT2D eigenvalue weighted by Crippen LogP contribution is 2.04. The fourth-order valence-electron chi connectivity index (χ4n) is 0.783. The summed E-state index contributed by atoms with van der Waals surface area (Å²) in [6, 6.07) is 0.833. The molecule has 0 radical (unpaired) electrons. The Morgan fingerprint density at radius 1 is 0.921 bits per heavy atom. The van der Waals surface area contributed by atoms with E-state index in [2.05, 4.69) is 110 Å². The minimum Gasteiger partial charge on any atom is -0.373 e. The third-order valence-electron chi connectivity index (χ3n) is 3.19. The van der Waals surface area contributed by atoms with Gasteiger partial charge in [0.15, 0.2) is 0 Å². The molecule has 0 spiro atoms. The summed E-state index contributed by atoms with van der Waals surface area (Å²) in [6.07, 6.45) is 25.1. The van der Waals surface area contributed by atoms with Crippen LogP contribution in [0.5, 0.6) is 0 Å². The van der Waals surface area contributed by atoms with Crippen LogP contribution >= 0.6 is 0 Å². The molecular weight excluding hydrogens is 462 g/mol. The third-order valence-corrected chi connectivity index (χ3v) is 3.19. The van der Waals surface area contributed by atoms with Crippen LogP contribution in [-0.4, -0.2) is 25.3 Å². The summed E-state index contributed by atoms with van der Waals surface area (Å²) in [5.41, 5.74) is 2.55. The van der Waals surface area contributed by atoms with Crippen molar-refractivity contribution in [3.8, 4) is 12.3 Å². The van der Waals surface area contributed by atoms with Crippen molar-refractivity contribution in [1.82, 2.24) is 5.32 Å². The Hall–Kier alpha value is -2.08. The second-order valence-corrected chi connectivity index (χ2v) is 8.72. The van der Waals surface area contributed by atoms with Crippen LogP contribution in [0, 0.1) is 12.3 Å². The maximum absolute atomic E-state index is 4.71. The van der Waals surface area contributed by atoms with Crippen molar-refractivity contribution >= 4 is 0 Å².